The first-order chi connectivity index (χ1) is 15.6. The molecule has 3 amide bonds. The average Bonchev–Trinajstić information content (AvgIpc) is 3.23. The number of nitrogens with zero attached hydrogens (tertiary/aromatic N) is 1. The van der Waals surface area contributed by atoms with Crippen LogP contribution in [-0.2, 0) is 15.0 Å². The standard InChI is InChI=1S/C24H24F2N4O3/c1-13-3-4-19(26)18-12-20(29-21(13)18)22(32)28-17-10-15(9-16(25)11-17)24(23(27)33)5-7-30(8-6-24)14(2)31/h3-4,9-12,29H,5-8H2,1-2H3,(H2,27,33)(H,28,32). The van der Waals surface area contributed by atoms with E-state index in [2.05, 4.69) is 10.3 Å². The Morgan fingerprint density at radius 3 is 2.39 bits per heavy atom. The monoisotopic (exact) mass is 454 g/mol. The minimum absolute atomic E-state index is 0.106. The Labute approximate surface area is 188 Å². The van der Waals surface area contributed by atoms with Gasteiger partial charge in [-0.1, -0.05) is 6.07 Å². The maximum atomic E-state index is 14.5. The van der Waals surface area contributed by atoms with Gasteiger partial charge in [0.25, 0.3) is 5.91 Å². The second-order valence-corrected chi connectivity index (χ2v) is 8.47. The molecule has 0 aliphatic carbocycles. The van der Waals surface area contributed by atoms with Gasteiger partial charge in [-0.3, -0.25) is 14.4 Å². The van der Waals surface area contributed by atoms with E-state index in [1.54, 1.807) is 17.9 Å². The lowest BCUT2D eigenvalue weighted by Gasteiger charge is -2.39. The van der Waals surface area contributed by atoms with Gasteiger partial charge in [-0.05, 0) is 61.2 Å². The third-order valence-corrected chi connectivity index (χ3v) is 6.44. The number of piperidine rings is 1. The Kier molecular flexibility index (Phi) is 5.65. The number of carbonyl (C=O) groups is 3. The SMILES string of the molecule is CC(=O)N1CCC(C(N)=O)(c2cc(F)cc(NC(=O)c3cc4c(F)ccc(C)c4[nH]3)c2)CC1. The van der Waals surface area contributed by atoms with Crippen molar-refractivity contribution < 1.29 is 23.2 Å². The van der Waals surface area contributed by atoms with Gasteiger partial charge in [0.05, 0.1) is 10.9 Å². The van der Waals surface area contributed by atoms with Crippen LogP contribution in [0.15, 0.2) is 36.4 Å². The highest BCUT2D eigenvalue weighted by Gasteiger charge is 2.42. The molecule has 7 nitrogen and oxygen atoms in total. The van der Waals surface area contributed by atoms with Crippen molar-refractivity contribution in [1.29, 1.82) is 0 Å². The molecule has 0 spiro atoms. The molecule has 2 aromatic carbocycles. The van der Waals surface area contributed by atoms with Gasteiger partial charge >= 0.3 is 0 Å². The topological polar surface area (TPSA) is 108 Å². The van der Waals surface area contributed by atoms with Gasteiger partial charge in [0.2, 0.25) is 11.8 Å². The number of rotatable bonds is 4. The number of anilines is 1. The van der Waals surface area contributed by atoms with Gasteiger partial charge in [-0.2, -0.15) is 0 Å². The smallest absolute Gasteiger partial charge is 0.272 e. The quantitative estimate of drug-likeness (QED) is 0.562. The first-order valence-electron chi connectivity index (χ1n) is 10.6. The number of nitrogens with one attached hydrogen (secondary N) is 2. The van der Waals surface area contributed by atoms with Crippen LogP contribution in [0.1, 0.15) is 41.4 Å². The molecule has 9 heteroatoms. The number of H-pyrrole nitrogens is 1. The maximum Gasteiger partial charge on any atom is 0.272 e. The zero-order valence-electron chi connectivity index (χ0n) is 18.3. The summed E-state index contributed by atoms with van der Waals surface area (Å²) in [6.45, 7) is 3.87. The minimum Gasteiger partial charge on any atom is -0.369 e. The van der Waals surface area contributed by atoms with E-state index in [4.69, 9.17) is 5.73 Å². The molecule has 0 atom stereocenters. The highest BCUT2D eigenvalue weighted by Crippen LogP contribution is 2.37. The van der Waals surface area contributed by atoms with E-state index in [0.717, 1.165) is 11.6 Å². The van der Waals surface area contributed by atoms with Gasteiger partial charge in [0.15, 0.2) is 0 Å². The second kappa shape index (κ2) is 8.31. The average molecular weight is 454 g/mol. The molecular formula is C24H24F2N4O3. The molecule has 33 heavy (non-hydrogen) atoms. The normalized spacial score (nSPS) is 15.5. The van der Waals surface area contributed by atoms with E-state index < -0.39 is 28.9 Å². The van der Waals surface area contributed by atoms with Crippen LogP contribution in [0.25, 0.3) is 10.9 Å². The third kappa shape index (κ3) is 4.06. The van der Waals surface area contributed by atoms with Crippen LogP contribution in [0.4, 0.5) is 14.5 Å². The van der Waals surface area contributed by atoms with Crippen molar-refractivity contribution >= 4 is 34.3 Å². The van der Waals surface area contributed by atoms with Crippen molar-refractivity contribution in [3.63, 3.8) is 0 Å². The molecule has 1 aliphatic heterocycles. The van der Waals surface area contributed by atoms with E-state index in [0.29, 0.717) is 24.2 Å². The van der Waals surface area contributed by atoms with Crippen LogP contribution in [0, 0.1) is 18.6 Å². The van der Waals surface area contributed by atoms with Gasteiger partial charge in [0, 0.05) is 31.1 Å². The van der Waals surface area contributed by atoms with Gasteiger partial charge in [-0.25, -0.2) is 8.78 Å². The number of fused-ring (bicyclic) bond motifs is 1. The van der Waals surface area contributed by atoms with Crippen molar-refractivity contribution in [2.24, 2.45) is 5.73 Å². The first-order valence-corrected chi connectivity index (χ1v) is 10.6. The molecule has 4 N–H and O–H groups in total. The fourth-order valence-electron chi connectivity index (χ4n) is 4.46. The second-order valence-electron chi connectivity index (χ2n) is 8.47. The minimum atomic E-state index is -1.16. The van der Waals surface area contributed by atoms with Crippen molar-refractivity contribution in [1.82, 2.24) is 9.88 Å². The molecule has 1 saturated heterocycles. The summed E-state index contributed by atoms with van der Waals surface area (Å²) in [5.41, 5.74) is 6.44. The fourth-order valence-corrected chi connectivity index (χ4v) is 4.46. The lowest BCUT2D eigenvalue weighted by Crippen LogP contribution is -2.51. The predicted octanol–water partition coefficient (Wildman–Crippen LogP) is 3.37. The Morgan fingerprint density at radius 1 is 1.09 bits per heavy atom. The molecular weight excluding hydrogens is 430 g/mol. The Morgan fingerprint density at radius 2 is 1.79 bits per heavy atom. The molecule has 4 rings (SSSR count). The number of primary amides is 1. The van der Waals surface area contributed by atoms with Crippen molar-refractivity contribution in [3.05, 3.63) is 64.9 Å². The summed E-state index contributed by atoms with van der Waals surface area (Å²) >= 11 is 0. The van der Waals surface area contributed by atoms with Crippen LogP contribution in [0.2, 0.25) is 0 Å². The Bertz CT molecular complexity index is 1240. The number of carbonyl (C=O) groups excluding carboxylic acids is 3. The number of halogens is 2. The zero-order valence-corrected chi connectivity index (χ0v) is 18.3. The largest absolute Gasteiger partial charge is 0.369 e. The maximum absolute atomic E-state index is 14.5. The van der Waals surface area contributed by atoms with Crippen LogP contribution >= 0.6 is 0 Å². The van der Waals surface area contributed by atoms with Crippen molar-refractivity contribution in [3.8, 4) is 0 Å². The van der Waals surface area contributed by atoms with Gasteiger partial charge in [0.1, 0.15) is 17.3 Å². The van der Waals surface area contributed by atoms with E-state index in [-0.39, 0.29) is 35.5 Å². The number of hydrogen-bond acceptors (Lipinski definition) is 3. The van der Waals surface area contributed by atoms with Gasteiger partial charge < -0.3 is 20.9 Å². The lowest BCUT2D eigenvalue weighted by molar-refractivity contribution is -0.134. The molecule has 0 saturated carbocycles. The Balaban J connectivity index is 1.64. The van der Waals surface area contributed by atoms with E-state index in [1.165, 1.54) is 31.2 Å². The van der Waals surface area contributed by atoms with Crippen LogP contribution in [0.5, 0.6) is 0 Å². The third-order valence-electron chi connectivity index (χ3n) is 6.44. The molecule has 2 heterocycles. The summed E-state index contributed by atoms with van der Waals surface area (Å²) in [7, 11) is 0. The molecule has 0 unspecified atom stereocenters. The fraction of sp³-hybridized carbons (Fsp3) is 0.292. The van der Waals surface area contributed by atoms with Crippen LogP contribution < -0.4 is 11.1 Å². The van der Waals surface area contributed by atoms with E-state index in [1.807, 2.05) is 0 Å². The molecule has 0 radical (unpaired) electrons. The summed E-state index contributed by atoms with van der Waals surface area (Å²) in [6.07, 6.45) is 0.499. The molecule has 3 aromatic rings. The number of likely N-dealkylation sites (tertiary alicyclic amines) is 1. The molecule has 1 aromatic heterocycles. The summed E-state index contributed by atoms with van der Waals surface area (Å²) in [5.74, 6) is -2.41. The number of aromatic nitrogens is 1. The number of aromatic amines is 1. The van der Waals surface area contributed by atoms with E-state index in [9.17, 15) is 23.2 Å². The number of benzene rings is 2. The van der Waals surface area contributed by atoms with Crippen LogP contribution in [0.3, 0.4) is 0 Å². The Hall–Kier alpha value is -3.75. The summed E-state index contributed by atoms with van der Waals surface area (Å²) in [6, 6.07) is 8.21. The molecule has 1 fully saturated rings. The van der Waals surface area contributed by atoms with Crippen molar-refractivity contribution in [2.45, 2.75) is 32.1 Å². The van der Waals surface area contributed by atoms with Gasteiger partial charge in [-0.15, -0.1) is 0 Å². The molecule has 172 valence electrons. The summed E-state index contributed by atoms with van der Waals surface area (Å²) < 4.78 is 28.6. The highest BCUT2D eigenvalue weighted by molar-refractivity contribution is 6.06. The highest BCUT2D eigenvalue weighted by atomic mass is 19.1. The van der Waals surface area contributed by atoms with Crippen molar-refractivity contribution in [2.75, 3.05) is 18.4 Å². The number of amides is 3. The lowest BCUT2D eigenvalue weighted by atomic mass is 9.72. The summed E-state index contributed by atoms with van der Waals surface area (Å²) in [5, 5.41) is 2.89. The first kappa shape index (κ1) is 22.4. The number of aryl methyl sites for hydroxylation is 1. The van der Waals surface area contributed by atoms with E-state index >= 15 is 0 Å². The zero-order chi connectivity index (χ0) is 23.9. The van der Waals surface area contributed by atoms with Crippen LogP contribution in [-0.4, -0.2) is 40.7 Å². The molecule has 1 aliphatic rings. The number of nitrogens with two attached hydrogens (primary N) is 1. The predicted molar refractivity (Wildman–Crippen MR) is 120 cm³/mol. The summed E-state index contributed by atoms with van der Waals surface area (Å²) in [4.78, 5) is 41.4. The number of hydrogen-bond donors (Lipinski definition) is 3. The molecule has 0 bridgehead atoms.